The first-order valence-corrected chi connectivity index (χ1v) is 10.3. The molecule has 2 rings (SSSR count). The van der Waals surface area contributed by atoms with Gasteiger partial charge < -0.3 is 9.47 Å². The lowest BCUT2D eigenvalue weighted by molar-refractivity contribution is -0.123. The van der Waals surface area contributed by atoms with Crippen molar-refractivity contribution >= 4 is 43.7 Å². The zero-order valence-corrected chi connectivity index (χ0v) is 19.0. The van der Waals surface area contributed by atoms with Crippen LogP contribution in [0, 0.1) is 12.8 Å². The van der Waals surface area contributed by atoms with Crippen LogP contribution in [0.15, 0.2) is 45.3 Å². The first kappa shape index (κ1) is 22.2. The lowest BCUT2D eigenvalue weighted by Gasteiger charge is -2.14. The summed E-state index contributed by atoms with van der Waals surface area (Å²) in [5, 5.41) is 0. The molecule has 8 heteroatoms. The van der Waals surface area contributed by atoms with Crippen LogP contribution in [0.3, 0.4) is 0 Å². The van der Waals surface area contributed by atoms with Crippen molar-refractivity contribution < 1.29 is 19.1 Å². The summed E-state index contributed by atoms with van der Waals surface area (Å²) >= 11 is 6.75. The van der Waals surface area contributed by atoms with Gasteiger partial charge in [-0.05, 0) is 54.8 Å². The van der Waals surface area contributed by atoms with E-state index in [0.717, 1.165) is 14.5 Å². The monoisotopic (exact) mass is 512 g/mol. The van der Waals surface area contributed by atoms with Crippen LogP contribution in [0.4, 0.5) is 0 Å². The standard InChI is InChI=1S/C20H22Br2N2O4/c1-12(2)10-28-18-7-4-14(21)9-16(18)20(26)24-23-19(25)11-27-15-5-6-17(22)13(3)8-15/h4-9,12H,10-11H2,1-3H3,(H,23,25)(H,24,26). The molecule has 0 aromatic heterocycles. The van der Waals surface area contributed by atoms with E-state index >= 15 is 0 Å². The Kier molecular flexibility index (Phi) is 8.32. The Morgan fingerprint density at radius 2 is 1.79 bits per heavy atom. The Hall–Kier alpha value is -2.06. The molecule has 0 saturated heterocycles. The van der Waals surface area contributed by atoms with Crippen LogP contribution >= 0.6 is 31.9 Å². The molecule has 0 radical (unpaired) electrons. The van der Waals surface area contributed by atoms with Crippen LogP contribution < -0.4 is 20.3 Å². The number of ether oxygens (including phenoxy) is 2. The molecule has 2 aromatic carbocycles. The Balaban J connectivity index is 1.91. The minimum atomic E-state index is -0.479. The Morgan fingerprint density at radius 1 is 1.04 bits per heavy atom. The van der Waals surface area contributed by atoms with Gasteiger partial charge in [-0.3, -0.25) is 20.4 Å². The molecule has 2 amide bonds. The summed E-state index contributed by atoms with van der Waals surface area (Å²) in [7, 11) is 0. The number of benzene rings is 2. The van der Waals surface area contributed by atoms with E-state index in [1.165, 1.54) is 0 Å². The predicted octanol–water partition coefficient (Wildman–Crippen LogP) is 4.39. The van der Waals surface area contributed by atoms with Crippen molar-refractivity contribution in [2.45, 2.75) is 20.8 Å². The van der Waals surface area contributed by atoms with Gasteiger partial charge in [-0.2, -0.15) is 0 Å². The van der Waals surface area contributed by atoms with Gasteiger partial charge in [0.1, 0.15) is 11.5 Å². The number of halogens is 2. The fraction of sp³-hybridized carbons (Fsp3) is 0.300. The largest absolute Gasteiger partial charge is 0.492 e. The second-order valence-electron chi connectivity index (χ2n) is 6.55. The second-order valence-corrected chi connectivity index (χ2v) is 8.32. The zero-order chi connectivity index (χ0) is 20.7. The second kappa shape index (κ2) is 10.5. The highest BCUT2D eigenvalue weighted by Crippen LogP contribution is 2.24. The molecule has 150 valence electrons. The topological polar surface area (TPSA) is 76.7 Å². The zero-order valence-electron chi connectivity index (χ0n) is 15.8. The maximum Gasteiger partial charge on any atom is 0.276 e. The van der Waals surface area contributed by atoms with Gasteiger partial charge in [0.2, 0.25) is 0 Å². The molecule has 0 aliphatic heterocycles. The molecule has 0 fully saturated rings. The van der Waals surface area contributed by atoms with Crippen molar-refractivity contribution in [1.82, 2.24) is 10.9 Å². The van der Waals surface area contributed by atoms with Gasteiger partial charge in [0, 0.05) is 8.95 Å². The first-order valence-electron chi connectivity index (χ1n) is 8.66. The van der Waals surface area contributed by atoms with Gasteiger partial charge >= 0.3 is 0 Å². The van der Waals surface area contributed by atoms with Gasteiger partial charge in [-0.25, -0.2) is 0 Å². The highest BCUT2D eigenvalue weighted by Gasteiger charge is 2.15. The number of carbonyl (C=O) groups is 2. The molecule has 6 nitrogen and oxygen atoms in total. The Bertz CT molecular complexity index is 856. The van der Waals surface area contributed by atoms with Gasteiger partial charge in [-0.15, -0.1) is 0 Å². The number of carbonyl (C=O) groups excluding carboxylic acids is 2. The summed E-state index contributed by atoms with van der Waals surface area (Å²) in [6, 6.07) is 10.5. The van der Waals surface area contributed by atoms with E-state index in [2.05, 4.69) is 42.7 Å². The smallest absolute Gasteiger partial charge is 0.276 e. The highest BCUT2D eigenvalue weighted by molar-refractivity contribution is 9.10. The highest BCUT2D eigenvalue weighted by atomic mass is 79.9. The van der Waals surface area contributed by atoms with Crippen LogP contribution in [0.1, 0.15) is 29.8 Å². The van der Waals surface area contributed by atoms with E-state index in [0.29, 0.717) is 29.6 Å². The van der Waals surface area contributed by atoms with Crippen molar-refractivity contribution in [2.75, 3.05) is 13.2 Å². The van der Waals surface area contributed by atoms with Gasteiger partial charge in [0.25, 0.3) is 11.8 Å². The lowest BCUT2D eigenvalue weighted by atomic mass is 10.2. The van der Waals surface area contributed by atoms with Crippen molar-refractivity contribution in [3.05, 3.63) is 56.5 Å². The molecular formula is C20H22Br2N2O4. The molecule has 2 aromatic rings. The van der Waals surface area contributed by atoms with E-state index in [-0.39, 0.29) is 6.61 Å². The number of nitrogens with one attached hydrogen (secondary N) is 2. The summed E-state index contributed by atoms with van der Waals surface area (Å²) in [5.41, 5.74) is 6.04. The van der Waals surface area contributed by atoms with Gasteiger partial charge in [0.15, 0.2) is 6.61 Å². The number of rotatable bonds is 7. The SMILES string of the molecule is Cc1cc(OCC(=O)NNC(=O)c2cc(Br)ccc2OCC(C)C)ccc1Br. The van der Waals surface area contributed by atoms with Gasteiger partial charge in [-0.1, -0.05) is 45.7 Å². The van der Waals surface area contributed by atoms with Crippen molar-refractivity contribution in [2.24, 2.45) is 5.92 Å². The summed E-state index contributed by atoms with van der Waals surface area (Å²) in [5.74, 6) is 0.379. The van der Waals surface area contributed by atoms with Gasteiger partial charge in [0.05, 0.1) is 12.2 Å². The molecule has 0 aliphatic carbocycles. The number of hydrogen-bond donors (Lipinski definition) is 2. The lowest BCUT2D eigenvalue weighted by Crippen LogP contribution is -2.44. The summed E-state index contributed by atoms with van der Waals surface area (Å²) < 4.78 is 12.8. The minimum Gasteiger partial charge on any atom is -0.492 e. The summed E-state index contributed by atoms with van der Waals surface area (Å²) in [6.45, 7) is 6.22. The maximum atomic E-state index is 12.5. The summed E-state index contributed by atoms with van der Waals surface area (Å²) in [4.78, 5) is 24.4. The average molecular weight is 514 g/mol. The molecule has 0 unspecified atom stereocenters. The normalized spacial score (nSPS) is 10.5. The molecule has 0 atom stereocenters. The molecule has 0 saturated carbocycles. The number of amides is 2. The van der Waals surface area contributed by atoms with Crippen LogP contribution in [-0.4, -0.2) is 25.0 Å². The quantitative estimate of drug-likeness (QED) is 0.538. The molecule has 0 spiro atoms. The van der Waals surface area contributed by atoms with Crippen LogP contribution in [0.25, 0.3) is 0 Å². The van der Waals surface area contributed by atoms with Crippen molar-refractivity contribution in [1.29, 1.82) is 0 Å². The molecule has 0 aliphatic rings. The van der Waals surface area contributed by atoms with E-state index in [1.807, 2.05) is 32.9 Å². The number of aryl methyl sites for hydroxylation is 1. The molecule has 0 bridgehead atoms. The molecule has 2 N–H and O–H groups in total. The first-order chi connectivity index (χ1) is 13.3. The van der Waals surface area contributed by atoms with E-state index < -0.39 is 11.8 Å². The fourth-order valence-electron chi connectivity index (χ4n) is 2.15. The third kappa shape index (κ3) is 6.83. The van der Waals surface area contributed by atoms with Crippen molar-refractivity contribution in [3.63, 3.8) is 0 Å². The van der Waals surface area contributed by atoms with Crippen LogP contribution in [0.2, 0.25) is 0 Å². The Morgan fingerprint density at radius 3 is 2.46 bits per heavy atom. The van der Waals surface area contributed by atoms with Crippen molar-refractivity contribution in [3.8, 4) is 11.5 Å². The number of hydrogen-bond acceptors (Lipinski definition) is 4. The predicted molar refractivity (Wildman–Crippen MR) is 114 cm³/mol. The molecule has 28 heavy (non-hydrogen) atoms. The fourth-order valence-corrected chi connectivity index (χ4v) is 2.76. The van der Waals surface area contributed by atoms with Crippen LogP contribution in [0.5, 0.6) is 11.5 Å². The minimum absolute atomic E-state index is 0.226. The molecule has 0 heterocycles. The number of hydrazine groups is 1. The molecular weight excluding hydrogens is 492 g/mol. The van der Waals surface area contributed by atoms with E-state index in [9.17, 15) is 9.59 Å². The third-order valence-electron chi connectivity index (χ3n) is 3.57. The van der Waals surface area contributed by atoms with Crippen LogP contribution in [-0.2, 0) is 4.79 Å². The third-order valence-corrected chi connectivity index (χ3v) is 4.96. The average Bonchev–Trinajstić information content (AvgIpc) is 2.65. The maximum absolute atomic E-state index is 12.5. The van der Waals surface area contributed by atoms with E-state index in [1.54, 1.807) is 24.3 Å². The summed E-state index contributed by atoms with van der Waals surface area (Å²) in [6.07, 6.45) is 0. The van der Waals surface area contributed by atoms with E-state index in [4.69, 9.17) is 9.47 Å². The Labute approximate surface area is 181 Å².